The van der Waals surface area contributed by atoms with Crippen molar-refractivity contribution < 1.29 is 14.4 Å². The minimum atomic E-state index is -0.961. The van der Waals surface area contributed by atoms with Crippen molar-refractivity contribution >= 4 is 23.4 Å². The number of hydrogen-bond acceptors (Lipinski definition) is 3. The molecule has 150 valence electrons. The highest BCUT2D eigenvalue weighted by Gasteiger charge is 2.30. The Labute approximate surface area is 174 Å². The van der Waals surface area contributed by atoms with Crippen LogP contribution in [-0.4, -0.2) is 23.8 Å². The average molecular weight is 399 g/mol. The average Bonchev–Trinajstić information content (AvgIpc) is 2.89. The van der Waals surface area contributed by atoms with Crippen molar-refractivity contribution in [2.75, 3.05) is 5.32 Å². The second kappa shape index (κ2) is 8.61. The van der Waals surface area contributed by atoms with E-state index in [1.165, 1.54) is 0 Å². The second-order valence-corrected chi connectivity index (χ2v) is 7.09. The van der Waals surface area contributed by atoms with Gasteiger partial charge in [0.25, 0.3) is 5.91 Å². The topological polar surface area (TPSA) is 87.3 Å². The van der Waals surface area contributed by atoms with E-state index in [4.69, 9.17) is 0 Å². The fourth-order valence-corrected chi connectivity index (χ4v) is 3.51. The molecule has 6 heteroatoms. The molecule has 3 N–H and O–H groups in total. The monoisotopic (exact) mass is 399 g/mol. The van der Waals surface area contributed by atoms with Crippen LogP contribution >= 0.6 is 0 Å². The first-order valence-electron chi connectivity index (χ1n) is 9.72. The number of carbonyl (C=O) groups excluding carboxylic acids is 3. The van der Waals surface area contributed by atoms with E-state index in [0.29, 0.717) is 11.3 Å². The number of carbonyl (C=O) groups is 3. The third kappa shape index (κ3) is 4.22. The molecule has 0 saturated heterocycles. The van der Waals surface area contributed by atoms with Crippen LogP contribution in [0.2, 0.25) is 0 Å². The third-order valence-corrected chi connectivity index (χ3v) is 5.01. The molecule has 1 aliphatic rings. The molecule has 1 heterocycles. The zero-order valence-electron chi connectivity index (χ0n) is 16.2. The normalized spacial score (nSPS) is 15.6. The molecule has 0 radical (unpaired) electrons. The van der Waals surface area contributed by atoms with Gasteiger partial charge in [0, 0.05) is 0 Å². The van der Waals surface area contributed by atoms with Gasteiger partial charge in [0.2, 0.25) is 11.8 Å². The smallest absolute Gasteiger partial charge is 0.254 e. The number of fused-ring (bicyclic) bond motifs is 1. The van der Waals surface area contributed by atoms with Crippen LogP contribution in [0.5, 0.6) is 0 Å². The summed E-state index contributed by atoms with van der Waals surface area (Å²) in [4.78, 5) is 37.9. The van der Waals surface area contributed by atoms with Gasteiger partial charge >= 0.3 is 0 Å². The molecule has 0 saturated carbocycles. The molecular formula is C24H21N3O3. The molecule has 0 unspecified atom stereocenters. The SMILES string of the molecule is O=C(C[C@@H]1NC(=O)c2ccccc2NC1=O)NC(c1ccccc1)c1ccccc1. The predicted molar refractivity (Wildman–Crippen MR) is 114 cm³/mol. The summed E-state index contributed by atoms with van der Waals surface area (Å²) in [6.45, 7) is 0. The molecule has 3 amide bonds. The van der Waals surface area contributed by atoms with Crippen LogP contribution in [0.15, 0.2) is 84.9 Å². The zero-order chi connectivity index (χ0) is 20.9. The number of amides is 3. The van der Waals surface area contributed by atoms with Crippen LogP contribution in [0, 0.1) is 0 Å². The van der Waals surface area contributed by atoms with Crippen LogP contribution in [0.3, 0.4) is 0 Å². The summed E-state index contributed by atoms with van der Waals surface area (Å²) < 4.78 is 0. The van der Waals surface area contributed by atoms with E-state index in [1.807, 2.05) is 60.7 Å². The Bertz CT molecular complexity index is 1030. The Balaban J connectivity index is 1.51. The van der Waals surface area contributed by atoms with Gasteiger partial charge in [0.1, 0.15) is 6.04 Å². The molecule has 3 aromatic rings. The highest BCUT2D eigenvalue weighted by molar-refractivity contribution is 6.10. The maximum atomic E-state index is 12.9. The highest BCUT2D eigenvalue weighted by Crippen LogP contribution is 2.23. The van der Waals surface area contributed by atoms with Crippen LogP contribution in [0.1, 0.15) is 33.9 Å². The number of para-hydroxylation sites is 1. The molecule has 3 aromatic carbocycles. The maximum Gasteiger partial charge on any atom is 0.254 e. The summed E-state index contributed by atoms with van der Waals surface area (Å²) in [6.07, 6.45) is -0.165. The van der Waals surface area contributed by atoms with E-state index >= 15 is 0 Å². The highest BCUT2D eigenvalue weighted by atomic mass is 16.2. The molecule has 0 fully saturated rings. The van der Waals surface area contributed by atoms with E-state index in [-0.39, 0.29) is 24.3 Å². The Kier molecular flexibility index (Phi) is 5.57. The lowest BCUT2D eigenvalue weighted by Crippen LogP contribution is -2.45. The van der Waals surface area contributed by atoms with Crippen molar-refractivity contribution in [1.29, 1.82) is 0 Å². The summed E-state index contributed by atoms with van der Waals surface area (Å²) in [5.74, 6) is -1.14. The molecule has 6 nitrogen and oxygen atoms in total. The van der Waals surface area contributed by atoms with Gasteiger partial charge in [-0.25, -0.2) is 0 Å². The molecular weight excluding hydrogens is 378 g/mol. The zero-order valence-corrected chi connectivity index (χ0v) is 16.2. The Hall–Kier alpha value is -3.93. The van der Waals surface area contributed by atoms with Gasteiger partial charge in [-0.15, -0.1) is 0 Å². The largest absolute Gasteiger partial charge is 0.345 e. The van der Waals surface area contributed by atoms with Crippen LogP contribution in [0.25, 0.3) is 0 Å². The fraction of sp³-hybridized carbons (Fsp3) is 0.125. The van der Waals surface area contributed by atoms with Crippen LogP contribution < -0.4 is 16.0 Å². The fourth-order valence-electron chi connectivity index (χ4n) is 3.51. The number of benzene rings is 3. The van der Waals surface area contributed by atoms with Gasteiger partial charge in [0.15, 0.2) is 0 Å². The van der Waals surface area contributed by atoms with Crippen molar-refractivity contribution in [1.82, 2.24) is 10.6 Å². The minimum Gasteiger partial charge on any atom is -0.345 e. The molecule has 1 atom stereocenters. The standard InChI is InChI=1S/C24H21N3O3/c28-21(15-20-24(30)25-19-14-8-7-13-18(19)23(29)26-20)27-22(16-9-3-1-4-10-16)17-11-5-2-6-12-17/h1-14,20,22H,15H2,(H,25,30)(H,26,29)(H,27,28)/t20-/m0/s1. The number of hydrogen-bond donors (Lipinski definition) is 3. The van der Waals surface area contributed by atoms with Crippen molar-refractivity contribution in [3.63, 3.8) is 0 Å². The Morgan fingerprint density at radius 3 is 2.03 bits per heavy atom. The quantitative estimate of drug-likeness (QED) is 0.616. The first-order chi connectivity index (χ1) is 14.6. The van der Waals surface area contributed by atoms with Crippen molar-refractivity contribution in [2.45, 2.75) is 18.5 Å². The number of anilines is 1. The van der Waals surface area contributed by atoms with E-state index in [2.05, 4.69) is 16.0 Å². The summed E-state index contributed by atoms with van der Waals surface area (Å²) in [6, 6.07) is 24.7. The van der Waals surface area contributed by atoms with Crippen molar-refractivity contribution in [3.8, 4) is 0 Å². The van der Waals surface area contributed by atoms with Crippen LogP contribution in [0.4, 0.5) is 5.69 Å². The van der Waals surface area contributed by atoms with Gasteiger partial charge in [0.05, 0.1) is 23.7 Å². The van der Waals surface area contributed by atoms with E-state index in [9.17, 15) is 14.4 Å². The van der Waals surface area contributed by atoms with Gasteiger partial charge in [-0.2, -0.15) is 0 Å². The summed E-state index contributed by atoms with van der Waals surface area (Å²) in [7, 11) is 0. The maximum absolute atomic E-state index is 12.9. The Morgan fingerprint density at radius 1 is 0.833 bits per heavy atom. The minimum absolute atomic E-state index is 0.165. The molecule has 0 spiro atoms. The van der Waals surface area contributed by atoms with E-state index in [1.54, 1.807) is 24.3 Å². The summed E-state index contributed by atoms with van der Waals surface area (Å²) >= 11 is 0. The van der Waals surface area contributed by atoms with E-state index < -0.39 is 11.9 Å². The molecule has 30 heavy (non-hydrogen) atoms. The van der Waals surface area contributed by atoms with Crippen molar-refractivity contribution in [2.24, 2.45) is 0 Å². The third-order valence-electron chi connectivity index (χ3n) is 5.01. The number of rotatable bonds is 5. The van der Waals surface area contributed by atoms with Crippen molar-refractivity contribution in [3.05, 3.63) is 102 Å². The lowest BCUT2D eigenvalue weighted by atomic mass is 9.98. The lowest BCUT2D eigenvalue weighted by Gasteiger charge is -2.21. The number of nitrogens with one attached hydrogen (secondary N) is 3. The predicted octanol–water partition coefficient (Wildman–Crippen LogP) is 3.03. The second-order valence-electron chi connectivity index (χ2n) is 7.09. The summed E-state index contributed by atoms with van der Waals surface area (Å²) in [5.41, 5.74) is 2.67. The summed E-state index contributed by atoms with van der Waals surface area (Å²) in [5, 5.41) is 8.38. The van der Waals surface area contributed by atoms with Gasteiger partial charge in [-0.3, -0.25) is 14.4 Å². The molecule has 1 aliphatic heterocycles. The van der Waals surface area contributed by atoms with Gasteiger partial charge < -0.3 is 16.0 Å². The molecule has 4 rings (SSSR count). The Morgan fingerprint density at radius 2 is 1.40 bits per heavy atom. The molecule has 0 aromatic heterocycles. The van der Waals surface area contributed by atoms with Crippen LogP contribution in [-0.2, 0) is 9.59 Å². The molecule has 0 aliphatic carbocycles. The molecule has 0 bridgehead atoms. The van der Waals surface area contributed by atoms with Gasteiger partial charge in [-0.05, 0) is 23.3 Å². The van der Waals surface area contributed by atoms with E-state index in [0.717, 1.165) is 11.1 Å². The first kappa shape index (κ1) is 19.4. The lowest BCUT2D eigenvalue weighted by molar-refractivity contribution is -0.126. The van der Waals surface area contributed by atoms with Gasteiger partial charge in [-0.1, -0.05) is 72.8 Å². The first-order valence-corrected chi connectivity index (χ1v) is 9.72.